The average molecular weight is 327 g/mol. The van der Waals surface area contributed by atoms with Crippen LogP contribution in [0.25, 0.3) is 0 Å². The third kappa shape index (κ3) is 3.85. The molecular formula is C19H22FN3O. The summed E-state index contributed by atoms with van der Waals surface area (Å²) in [5.41, 5.74) is 2.27. The fraction of sp³-hybridized carbons (Fsp3) is 0.316. The Labute approximate surface area is 141 Å². The van der Waals surface area contributed by atoms with Crippen molar-refractivity contribution in [3.8, 4) is 0 Å². The molecule has 2 aromatic carbocycles. The van der Waals surface area contributed by atoms with E-state index in [0.717, 1.165) is 18.8 Å². The molecule has 4 nitrogen and oxygen atoms in total. The van der Waals surface area contributed by atoms with Crippen molar-refractivity contribution in [3.63, 3.8) is 0 Å². The van der Waals surface area contributed by atoms with E-state index in [-0.39, 0.29) is 11.6 Å². The second-order valence-electron chi connectivity index (χ2n) is 6.08. The number of carbonyl (C=O) groups is 1. The van der Waals surface area contributed by atoms with Crippen molar-refractivity contribution < 1.29 is 9.18 Å². The number of amides is 1. The van der Waals surface area contributed by atoms with Crippen LogP contribution in [-0.4, -0.2) is 25.0 Å². The minimum Gasteiger partial charge on any atom is -0.374 e. The lowest BCUT2D eigenvalue weighted by Crippen LogP contribution is -2.32. The smallest absolute Gasteiger partial charge is 0.246 e. The highest BCUT2D eigenvalue weighted by Crippen LogP contribution is 2.22. The molecule has 126 valence electrons. The summed E-state index contributed by atoms with van der Waals surface area (Å²) >= 11 is 0. The number of nitrogens with zero attached hydrogens (tertiary/aromatic N) is 1. The predicted molar refractivity (Wildman–Crippen MR) is 96.0 cm³/mol. The molecular weight excluding hydrogens is 305 g/mol. The zero-order chi connectivity index (χ0) is 16.9. The molecule has 24 heavy (non-hydrogen) atoms. The molecule has 1 atom stereocenters. The Morgan fingerprint density at radius 3 is 2.42 bits per heavy atom. The van der Waals surface area contributed by atoms with Crippen molar-refractivity contribution in [1.82, 2.24) is 0 Å². The van der Waals surface area contributed by atoms with Gasteiger partial charge in [-0.05, 0) is 56.2 Å². The Morgan fingerprint density at radius 1 is 1.08 bits per heavy atom. The van der Waals surface area contributed by atoms with Gasteiger partial charge in [-0.15, -0.1) is 0 Å². The number of rotatable bonds is 5. The lowest BCUT2D eigenvalue weighted by atomic mass is 10.2. The second kappa shape index (κ2) is 7.34. The molecule has 0 aliphatic carbocycles. The van der Waals surface area contributed by atoms with Crippen molar-refractivity contribution in [3.05, 3.63) is 54.3 Å². The van der Waals surface area contributed by atoms with Crippen molar-refractivity contribution in [2.45, 2.75) is 25.8 Å². The van der Waals surface area contributed by atoms with Gasteiger partial charge in [-0.3, -0.25) is 4.79 Å². The van der Waals surface area contributed by atoms with Gasteiger partial charge in [-0.2, -0.15) is 0 Å². The van der Waals surface area contributed by atoms with Gasteiger partial charge in [0, 0.05) is 24.5 Å². The number of benzene rings is 2. The molecule has 1 aliphatic heterocycles. The number of carbonyl (C=O) groups excluding carboxylic acids is 1. The highest BCUT2D eigenvalue weighted by atomic mass is 19.1. The molecule has 0 saturated carbocycles. The van der Waals surface area contributed by atoms with Gasteiger partial charge < -0.3 is 15.5 Å². The maximum atomic E-state index is 13.6. The van der Waals surface area contributed by atoms with Crippen LogP contribution in [0.2, 0.25) is 0 Å². The fourth-order valence-electron chi connectivity index (χ4n) is 2.86. The first-order chi connectivity index (χ1) is 11.6. The van der Waals surface area contributed by atoms with Crippen molar-refractivity contribution >= 4 is 23.0 Å². The van der Waals surface area contributed by atoms with E-state index in [1.807, 2.05) is 12.1 Å². The van der Waals surface area contributed by atoms with Crippen LogP contribution in [0, 0.1) is 5.82 Å². The maximum Gasteiger partial charge on any atom is 0.246 e. The maximum absolute atomic E-state index is 13.6. The first kappa shape index (κ1) is 16.3. The largest absolute Gasteiger partial charge is 0.374 e. The molecule has 5 heteroatoms. The van der Waals surface area contributed by atoms with Gasteiger partial charge in [0.25, 0.3) is 0 Å². The standard InChI is InChI=1S/C19H22FN3O/c1-14(19(24)22-18-7-3-2-6-17(18)20)21-15-8-10-16(11-9-15)23-12-4-5-13-23/h2-3,6-11,14,21H,4-5,12-13H2,1H3,(H,22,24)/t14-/m0/s1. The summed E-state index contributed by atoms with van der Waals surface area (Å²) in [6, 6.07) is 13.8. The molecule has 0 radical (unpaired) electrons. The van der Waals surface area contributed by atoms with Crippen molar-refractivity contribution in [2.24, 2.45) is 0 Å². The number of para-hydroxylation sites is 1. The van der Waals surface area contributed by atoms with E-state index in [1.54, 1.807) is 25.1 Å². The Hall–Kier alpha value is -2.56. The molecule has 2 aromatic rings. The molecule has 1 fully saturated rings. The lowest BCUT2D eigenvalue weighted by Gasteiger charge is -2.19. The van der Waals surface area contributed by atoms with E-state index in [9.17, 15) is 9.18 Å². The highest BCUT2D eigenvalue weighted by molar-refractivity contribution is 5.96. The van der Waals surface area contributed by atoms with Crippen molar-refractivity contribution in [2.75, 3.05) is 28.6 Å². The summed E-state index contributed by atoms with van der Waals surface area (Å²) < 4.78 is 13.6. The third-order valence-corrected chi connectivity index (χ3v) is 4.25. The Balaban J connectivity index is 1.58. The highest BCUT2D eigenvalue weighted by Gasteiger charge is 2.15. The molecule has 0 bridgehead atoms. The summed E-state index contributed by atoms with van der Waals surface area (Å²) in [5.74, 6) is -0.711. The van der Waals surface area contributed by atoms with Gasteiger partial charge in [0.2, 0.25) is 5.91 Å². The van der Waals surface area contributed by atoms with E-state index >= 15 is 0 Å². The Kier molecular flexibility index (Phi) is 4.99. The average Bonchev–Trinajstić information content (AvgIpc) is 3.12. The van der Waals surface area contributed by atoms with Crippen LogP contribution in [0.15, 0.2) is 48.5 Å². The minimum absolute atomic E-state index is 0.195. The summed E-state index contributed by atoms with van der Waals surface area (Å²) in [6.45, 7) is 3.97. The van der Waals surface area contributed by atoms with Gasteiger partial charge in [-0.1, -0.05) is 12.1 Å². The quantitative estimate of drug-likeness (QED) is 0.876. The van der Waals surface area contributed by atoms with Gasteiger partial charge in [-0.25, -0.2) is 4.39 Å². The van der Waals surface area contributed by atoms with Crippen LogP contribution in [0.1, 0.15) is 19.8 Å². The number of nitrogens with one attached hydrogen (secondary N) is 2. The zero-order valence-electron chi connectivity index (χ0n) is 13.8. The predicted octanol–water partition coefficient (Wildman–Crippen LogP) is 3.87. The molecule has 1 saturated heterocycles. The third-order valence-electron chi connectivity index (χ3n) is 4.25. The minimum atomic E-state index is -0.470. The first-order valence-corrected chi connectivity index (χ1v) is 8.30. The molecule has 0 unspecified atom stereocenters. The molecule has 1 heterocycles. The van der Waals surface area contributed by atoms with E-state index < -0.39 is 11.9 Å². The van der Waals surface area contributed by atoms with Gasteiger partial charge in [0.05, 0.1) is 5.69 Å². The molecule has 1 amide bonds. The molecule has 0 spiro atoms. The van der Waals surface area contributed by atoms with E-state index in [2.05, 4.69) is 27.7 Å². The summed E-state index contributed by atoms with van der Waals surface area (Å²) in [4.78, 5) is 14.6. The van der Waals surface area contributed by atoms with Gasteiger partial charge >= 0.3 is 0 Å². The zero-order valence-corrected chi connectivity index (χ0v) is 13.8. The molecule has 3 rings (SSSR count). The lowest BCUT2D eigenvalue weighted by molar-refractivity contribution is -0.116. The van der Waals surface area contributed by atoms with Crippen LogP contribution in [-0.2, 0) is 4.79 Å². The first-order valence-electron chi connectivity index (χ1n) is 8.30. The van der Waals surface area contributed by atoms with Crippen LogP contribution in [0.3, 0.4) is 0 Å². The van der Waals surface area contributed by atoms with Gasteiger partial charge in [0.1, 0.15) is 11.9 Å². The van der Waals surface area contributed by atoms with E-state index in [1.165, 1.54) is 24.6 Å². The molecule has 2 N–H and O–H groups in total. The summed E-state index contributed by atoms with van der Waals surface area (Å²) in [7, 11) is 0. The number of halogens is 1. The second-order valence-corrected chi connectivity index (χ2v) is 6.08. The Bertz CT molecular complexity index is 696. The van der Waals surface area contributed by atoms with Gasteiger partial charge in [0.15, 0.2) is 0 Å². The van der Waals surface area contributed by atoms with Crippen molar-refractivity contribution in [1.29, 1.82) is 0 Å². The number of hydrogen-bond acceptors (Lipinski definition) is 3. The summed E-state index contributed by atoms with van der Waals surface area (Å²) in [5, 5.41) is 5.75. The van der Waals surface area contributed by atoms with Crippen LogP contribution in [0.5, 0.6) is 0 Å². The van der Waals surface area contributed by atoms with Crippen LogP contribution >= 0.6 is 0 Å². The normalized spacial score (nSPS) is 15.2. The topological polar surface area (TPSA) is 44.4 Å². The SMILES string of the molecule is C[C@H](Nc1ccc(N2CCCC2)cc1)C(=O)Nc1ccccc1F. The van der Waals surface area contributed by atoms with E-state index in [0.29, 0.717) is 0 Å². The van der Waals surface area contributed by atoms with E-state index in [4.69, 9.17) is 0 Å². The number of anilines is 3. The van der Waals surface area contributed by atoms with Crippen LogP contribution < -0.4 is 15.5 Å². The monoisotopic (exact) mass is 327 g/mol. The van der Waals surface area contributed by atoms with Crippen LogP contribution in [0.4, 0.5) is 21.5 Å². The number of hydrogen-bond donors (Lipinski definition) is 2. The molecule has 1 aliphatic rings. The molecule has 0 aromatic heterocycles. The summed E-state index contributed by atoms with van der Waals surface area (Å²) in [6.07, 6.45) is 2.49. The fourth-order valence-corrected chi connectivity index (χ4v) is 2.86. The Morgan fingerprint density at radius 2 is 1.75 bits per heavy atom.